The van der Waals surface area contributed by atoms with Crippen molar-refractivity contribution in [3.8, 4) is 0 Å². The molecule has 1 aliphatic heterocycles. The molecule has 3 nitrogen and oxygen atoms in total. The highest BCUT2D eigenvalue weighted by atomic mass is 15.2. The van der Waals surface area contributed by atoms with Crippen molar-refractivity contribution >= 4 is 16.6 Å². The van der Waals surface area contributed by atoms with Crippen LogP contribution in [-0.2, 0) is 0 Å². The molecule has 2 heterocycles. The average molecular weight is 255 g/mol. The molecule has 2 aromatic rings. The molecular formula is C16H21N3. The van der Waals surface area contributed by atoms with E-state index >= 15 is 0 Å². The lowest BCUT2D eigenvalue weighted by atomic mass is 10.0. The fourth-order valence-corrected chi connectivity index (χ4v) is 2.97. The zero-order valence-corrected chi connectivity index (χ0v) is 11.7. The van der Waals surface area contributed by atoms with E-state index in [0.717, 1.165) is 24.6 Å². The molecule has 0 spiro atoms. The van der Waals surface area contributed by atoms with Crippen LogP contribution in [-0.4, -0.2) is 43.1 Å². The van der Waals surface area contributed by atoms with Crippen LogP contribution in [0.15, 0.2) is 36.5 Å². The Bertz CT molecular complexity index is 551. The first-order chi connectivity index (χ1) is 9.25. The minimum absolute atomic E-state index is 0.721. The van der Waals surface area contributed by atoms with E-state index in [0.29, 0.717) is 0 Å². The maximum atomic E-state index is 4.56. The quantitative estimate of drug-likeness (QED) is 0.822. The summed E-state index contributed by atoms with van der Waals surface area (Å²) in [7, 11) is 4.36. The minimum atomic E-state index is 0.721. The van der Waals surface area contributed by atoms with Gasteiger partial charge in [-0.05, 0) is 39.1 Å². The summed E-state index contributed by atoms with van der Waals surface area (Å²) in [5.74, 6) is 0. The number of nitrogens with zero attached hydrogens (tertiary/aromatic N) is 3. The highest BCUT2D eigenvalue weighted by Crippen LogP contribution is 2.27. The van der Waals surface area contributed by atoms with Gasteiger partial charge in [-0.25, -0.2) is 0 Å². The Hall–Kier alpha value is -1.61. The molecule has 3 heteroatoms. The van der Waals surface area contributed by atoms with E-state index < -0.39 is 0 Å². The van der Waals surface area contributed by atoms with Crippen molar-refractivity contribution in [3.05, 3.63) is 36.5 Å². The van der Waals surface area contributed by atoms with Gasteiger partial charge in [-0.2, -0.15) is 0 Å². The third-order valence-corrected chi connectivity index (χ3v) is 4.15. The fourth-order valence-electron chi connectivity index (χ4n) is 2.97. The number of piperidine rings is 1. The number of anilines is 1. The lowest BCUT2D eigenvalue weighted by Crippen LogP contribution is -2.42. The first kappa shape index (κ1) is 12.4. The fraction of sp³-hybridized carbons (Fsp3) is 0.438. The van der Waals surface area contributed by atoms with Crippen LogP contribution in [0.2, 0.25) is 0 Å². The predicted molar refractivity (Wildman–Crippen MR) is 80.7 cm³/mol. The Morgan fingerprint density at radius 3 is 2.58 bits per heavy atom. The third kappa shape index (κ3) is 2.43. The number of rotatable bonds is 2. The van der Waals surface area contributed by atoms with Gasteiger partial charge in [-0.15, -0.1) is 0 Å². The third-order valence-electron chi connectivity index (χ3n) is 4.15. The van der Waals surface area contributed by atoms with E-state index in [2.05, 4.69) is 53.1 Å². The van der Waals surface area contributed by atoms with Crippen molar-refractivity contribution in [1.29, 1.82) is 0 Å². The molecule has 0 unspecified atom stereocenters. The lowest BCUT2D eigenvalue weighted by Gasteiger charge is -2.36. The number of fused-ring (bicyclic) bond motifs is 1. The van der Waals surface area contributed by atoms with Crippen molar-refractivity contribution in [2.75, 3.05) is 32.1 Å². The van der Waals surface area contributed by atoms with Gasteiger partial charge in [0.1, 0.15) is 0 Å². The number of hydrogen-bond donors (Lipinski definition) is 0. The molecule has 0 radical (unpaired) electrons. The number of hydrogen-bond acceptors (Lipinski definition) is 3. The molecule has 0 amide bonds. The smallest absolute Gasteiger partial charge is 0.0935 e. The zero-order chi connectivity index (χ0) is 13.2. The van der Waals surface area contributed by atoms with Gasteiger partial charge in [0.15, 0.2) is 0 Å². The number of aromatic nitrogens is 1. The Morgan fingerprint density at radius 2 is 1.84 bits per heavy atom. The largest absolute Gasteiger partial charge is 0.370 e. The van der Waals surface area contributed by atoms with Crippen molar-refractivity contribution in [3.63, 3.8) is 0 Å². The highest BCUT2D eigenvalue weighted by Gasteiger charge is 2.21. The summed E-state index contributed by atoms with van der Waals surface area (Å²) in [5, 5.41) is 1.23. The summed E-state index contributed by atoms with van der Waals surface area (Å²) in [6.45, 7) is 2.25. The van der Waals surface area contributed by atoms with Gasteiger partial charge >= 0.3 is 0 Å². The topological polar surface area (TPSA) is 19.4 Å². The standard InChI is InChI=1S/C16H21N3/c1-18(2)14-8-11-19(12-9-14)15-7-3-5-13-6-4-10-17-16(13)15/h3-7,10,14H,8-9,11-12H2,1-2H3. The first-order valence-electron chi connectivity index (χ1n) is 7.01. The first-order valence-corrected chi connectivity index (χ1v) is 7.01. The molecule has 0 bridgehead atoms. The van der Waals surface area contributed by atoms with Gasteiger partial charge in [0.05, 0.1) is 11.2 Å². The summed E-state index contributed by atoms with van der Waals surface area (Å²) >= 11 is 0. The molecule has 1 saturated heterocycles. The monoisotopic (exact) mass is 255 g/mol. The maximum absolute atomic E-state index is 4.56. The molecule has 3 rings (SSSR count). The summed E-state index contributed by atoms with van der Waals surface area (Å²) in [5.41, 5.74) is 2.42. The van der Waals surface area contributed by atoms with E-state index in [-0.39, 0.29) is 0 Å². The molecule has 1 aromatic heterocycles. The summed E-state index contributed by atoms with van der Waals surface area (Å²) < 4.78 is 0. The lowest BCUT2D eigenvalue weighted by molar-refractivity contribution is 0.250. The van der Waals surface area contributed by atoms with E-state index in [1.165, 1.54) is 23.9 Å². The zero-order valence-electron chi connectivity index (χ0n) is 11.7. The second-order valence-electron chi connectivity index (χ2n) is 5.53. The van der Waals surface area contributed by atoms with Crippen LogP contribution in [0.1, 0.15) is 12.8 Å². The number of para-hydroxylation sites is 1. The van der Waals surface area contributed by atoms with Crippen LogP contribution in [0.5, 0.6) is 0 Å². The van der Waals surface area contributed by atoms with E-state index in [1.807, 2.05) is 12.3 Å². The average Bonchev–Trinajstić information content (AvgIpc) is 2.47. The van der Waals surface area contributed by atoms with E-state index in [9.17, 15) is 0 Å². The van der Waals surface area contributed by atoms with Gasteiger partial charge in [0.25, 0.3) is 0 Å². The van der Waals surface area contributed by atoms with Crippen LogP contribution in [0.4, 0.5) is 5.69 Å². The maximum Gasteiger partial charge on any atom is 0.0935 e. The number of benzene rings is 1. The van der Waals surface area contributed by atoms with Crippen LogP contribution in [0.3, 0.4) is 0 Å². The Kier molecular flexibility index (Phi) is 3.38. The molecule has 1 aliphatic rings. The summed E-state index contributed by atoms with van der Waals surface area (Å²) in [4.78, 5) is 9.39. The van der Waals surface area contributed by atoms with Gasteiger partial charge in [-0.3, -0.25) is 4.98 Å². The van der Waals surface area contributed by atoms with Gasteiger partial charge in [0.2, 0.25) is 0 Å². The molecule has 1 aromatic carbocycles. The van der Waals surface area contributed by atoms with Crippen molar-refractivity contribution in [1.82, 2.24) is 9.88 Å². The second-order valence-corrected chi connectivity index (χ2v) is 5.53. The molecule has 0 aliphatic carbocycles. The highest BCUT2D eigenvalue weighted by molar-refractivity contribution is 5.90. The Labute approximate surface area is 114 Å². The molecule has 100 valence electrons. The molecule has 0 atom stereocenters. The minimum Gasteiger partial charge on any atom is -0.370 e. The SMILES string of the molecule is CN(C)C1CCN(c2cccc3cccnc23)CC1. The second kappa shape index (κ2) is 5.17. The van der Waals surface area contributed by atoms with E-state index in [4.69, 9.17) is 0 Å². The summed E-state index contributed by atoms with van der Waals surface area (Å²) in [6.07, 6.45) is 4.35. The molecule has 0 N–H and O–H groups in total. The normalized spacial score (nSPS) is 17.3. The van der Waals surface area contributed by atoms with Crippen molar-refractivity contribution in [2.24, 2.45) is 0 Å². The molecule has 19 heavy (non-hydrogen) atoms. The molecular weight excluding hydrogens is 234 g/mol. The molecule has 1 fully saturated rings. The van der Waals surface area contributed by atoms with Crippen LogP contribution >= 0.6 is 0 Å². The van der Waals surface area contributed by atoms with Gasteiger partial charge in [0, 0.05) is 30.7 Å². The van der Waals surface area contributed by atoms with Crippen molar-refractivity contribution < 1.29 is 0 Å². The van der Waals surface area contributed by atoms with Crippen molar-refractivity contribution in [2.45, 2.75) is 18.9 Å². The Morgan fingerprint density at radius 1 is 1.11 bits per heavy atom. The Balaban J connectivity index is 1.86. The van der Waals surface area contributed by atoms with Crippen LogP contribution in [0.25, 0.3) is 10.9 Å². The van der Waals surface area contributed by atoms with Crippen LogP contribution in [0, 0.1) is 0 Å². The predicted octanol–water partition coefficient (Wildman–Crippen LogP) is 2.77. The molecule has 0 saturated carbocycles. The van der Waals surface area contributed by atoms with Crippen LogP contribution < -0.4 is 4.90 Å². The van der Waals surface area contributed by atoms with Gasteiger partial charge in [-0.1, -0.05) is 18.2 Å². The summed E-state index contributed by atoms with van der Waals surface area (Å²) in [6, 6.07) is 11.3. The number of pyridine rings is 1. The van der Waals surface area contributed by atoms with Gasteiger partial charge < -0.3 is 9.80 Å². The van der Waals surface area contributed by atoms with E-state index in [1.54, 1.807) is 0 Å².